The maximum Gasteiger partial charge on any atom is -0.00879 e. The number of rotatable bonds is 0. The number of hydrogen-bond acceptors (Lipinski definition) is 0. The van der Waals surface area contributed by atoms with E-state index in [-0.39, 0.29) is 0 Å². The SMILES string of the molecule is CC1=CCCC12CCCC2. The van der Waals surface area contributed by atoms with E-state index >= 15 is 0 Å². The molecule has 2 rings (SSSR count). The van der Waals surface area contributed by atoms with Crippen LogP contribution in [0.25, 0.3) is 0 Å². The average Bonchev–Trinajstić information content (AvgIpc) is 2.48. The lowest BCUT2D eigenvalue weighted by atomic mass is 9.80. The quantitative estimate of drug-likeness (QED) is 0.448. The summed E-state index contributed by atoms with van der Waals surface area (Å²) in [6.07, 6.45) is 11.2. The molecule has 0 N–H and O–H groups in total. The second-order valence-corrected chi connectivity index (χ2v) is 3.91. The van der Waals surface area contributed by atoms with Crippen molar-refractivity contribution in [1.82, 2.24) is 0 Å². The molecular formula is C10H16. The Kier molecular flexibility index (Phi) is 1.36. The fourth-order valence-electron chi connectivity index (χ4n) is 2.67. The van der Waals surface area contributed by atoms with Gasteiger partial charge in [-0.3, -0.25) is 0 Å². The summed E-state index contributed by atoms with van der Waals surface area (Å²) in [5, 5.41) is 0. The van der Waals surface area contributed by atoms with E-state index in [9.17, 15) is 0 Å². The normalized spacial score (nSPS) is 29.5. The topological polar surface area (TPSA) is 0 Å². The van der Waals surface area contributed by atoms with Crippen molar-refractivity contribution in [3.05, 3.63) is 11.6 Å². The van der Waals surface area contributed by atoms with Crippen molar-refractivity contribution in [1.29, 1.82) is 0 Å². The second kappa shape index (κ2) is 2.11. The molecule has 0 heteroatoms. The van der Waals surface area contributed by atoms with Crippen LogP contribution in [-0.4, -0.2) is 0 Å². The van der Waals surface area contributed by atoms with Gasteiger partial charge in [0.25, 0.3) is 0 Å². The summed E-state index contributed by atoms with van der Waals surface area (Å²) in [4.78, 5) is 0. The summed E-state index contributed by atoms with van der Waals surface area (Å²) >= 11 is 0. The van der Waals surface area contributed by atoms with Crippen molar-refractivity contribution in [2.24, 2.45) is 5.41 Å². The molecule has 1 spiro atoms. The molecule has 0 heterocycles. The third kappa shape index (κ3) is 0.744. The molecule has 0 bridgehead atoms. The molecule has 1 saturated carbocycles. The highest BCUT2D eigenvalue weighted by Gasteiger charge is 2.36. The second-order valence-electron chi connectivity index (χ2n) is 3.91. The van der Waals surface area contributed by atoms with Gasteiger partial charge in [0.05, 0.1) is 0 Å². The molecule has 0 amide bonds. The minimum Gasteiger partial charge on any atom is -0.0850 e. The van der Waals surface area contributed by atoms with Crippen LogP contribution in [0.1, 0.15) is 45.4 Å². The molecule has 2 aliphatic rings. The summed E-state index contributed by atoms with van der Waals surface area (Å²) in [7, 11) is 0. The predicted octanol–water partition coefficient (Wildman–Crippen LogP) is 3.29. The van der Waals surface area contributed by atoms with Gasteiger partial charge < -0.3 is 0 Å². The van der Waals surface area contributed by atoms with E-state index in [1.54, 1.807) is 5.57 Å². The Bertz CT molecular complexity index is 159. The van der Waals surface area contributed by atoms with Gasteiger partial charge in [-0.05, 0) is 38.0 Å². The summed E-state index contributed by atoms with van der Waals surface area (Å²) in [6.45, 7) is 2.33. The van der Waals surface area contributed by atoms with E-state index in [1.165, 1.54) is 38.5 Å². The van der Waals surface area contributed by atoms with Crippen molar-refractivity contribution < 1.29 is 0 Å². The zero-order valence-corrected chi connectivity index (χ0v) is 6.82. The predicted molar refractivity (Wildman–Crippen MR) is 43.9 cm³/mol. The first-order valence-electron chi connectivity index (χ1n) is 4.51. The maximum atomic E-state index is 2.45. The van der Waals surface area contributed by atoms with Gasteiger partial charge in [0, 0.05) is 0 Å². The van der Waals surface area contributed by atoms with E-state index in [0.717, 1.165) is 0 Å². The van der Waals surface area contributed by atoms with Crippen LogP contribution >= 0.6 is 0 Å². The first kappa shape index (κ1) is 6.45. The maximum absolute atomic E-state index is 2.45. The molecule has 0 aliphatic heterocycles. The van der Waals surface area contributed by atoms with Gasteiger partial charge in [-0.15, -0.1) is 0 Å². The fourth-order valence-corrected chi connectivity index (χ4v) is 2.67. The molecule has 0 aromatic carbocycles. The lowest BCUT2D eigenvalue weighted by molar-refractivity contribution is 0.365. The van der Waals surface area contributed by atoms with Crippen molar-refractivity contribution in [3.8, 4) is 0 Å². The third-order valence-electron chi connectivity index (χ3n) is 3.47. The van der Waals surface area contributed by atoms with Crippen LogP contribution < -0.4 is 0 Å². The molecule has 2 aliphatic carbocycles. The van der Waals surface area contributed by atoms with Crippen molar-refractivity contribution in [3.63, 3.8) is 0 Å². The Balaban J connectivity index is 2.21. The first-order valence-corrected chi connectivity index (χ1v) is 4.51. The zero-order chi connectivity index (χ0) is 7.03. The summed E-state index contributed by atoms with van der Waals surface area (Å²) < 4.78 is 0. The van der Waals surface area contributed by atoms with Gasteiger partial charge in [-0.2, -0.15) is 0 Å². The van der Waals surface area contributed by atoms with Crippen molar-refractivity contribution >= 4 is 0 Å². The highest BCUT2D eigenvalue weighted by molar-refractivity contribution is 5.19. The van der Waals surface area contributed by atoms with Crippen molar-refractivity contribution in [2.45, 2.75) is 45.4 Å². The smallest absolute Gasteiger partial charge is 0.00879 e. The Morgan fingerprint density at radius 3 is 2.40 bits per heavy atom. The van der Waals surface area contributed by atoms with Crippen LogP contribution in [0.4, 0.5) is 0 Å². The number of hydrogen-bond donors (Lipinski definition) is 0. The van der Waals surface area contributed by atoms with Gasteiger partial charge in [0.1, 0.15) is 0 Å². The molecular weight excluding hydrogens is 120 g/mol. The summed E-state index contributed by atoms with van der Waals surface area (Å²) in [5.41, 5.74) is 2.41. The minimum absolute atomic E-state index is 0.708. The molecule has 0 aromatic heterocycles. The van der Waals surface area contributed by atoms with Crippen LogP contribution in [-0.2, 0) is 0 Å². The molecule has 0 aromatic rings. The van der Waals surface area contributed by atoms with Gasteiger partial charge in [0.15, 0.2) is 0 Å². The van der Waals surface area contributed by atoms with Crippen LogP contribution in [0.15, 0.2) is 11.6 Å². The Labute approximate surface area is 63.3 Å². The molecule has 0 unspecified atom stereocenters. The van der Waals surface area contributed by atoms with Gasteiger partial charge >= 0.3 is 0 Å². The molecule has 0 atom stereocenters. The summed E-state index contributed by atoms with van der Waals surface area (Å²) in [5.74, 6) is 0. The Morgan fingerprint density at radius 1 is 1.20 bits per heavy atom. The van der Waals surface area contributed by atoms with E-state index in [4.69, 9.17) is 0 Å². The largest absolute Gasteiger partial charge is 0.0850 e. The standard InChI is InChI=1S/C10H16/c1-9-5-4-8-10(9)6-2-3-7-10/h5H,2-4,6-8H2,1H3. The third-order valence-corrected chi connectivity index (χ3v) is 3.47. The van der Waals surface area contributed by atoms with Crippen LogP contribution in [0.5, 0.6) is 0 Å². The van der Waals surface area contributed by atoms with Gasteiger partial charge in [-0.25, -0.2) is 0 Å². The van der Waals surface area contributed by atoms with E-state index in [0.29, 0.717) is 5.41 Å². The molecule has 0 saturated heterocycles. The van der Waals surface area contributed by atoms with Crippen molar-refractivity contribution in [2.75, 3.05) is 0 Å². The zero-order valence-electron chi connectivity index (χ0n) is 6.82. The highest BCUT2D eigenvalue weighted by Crippen LogP contribution is 2.50. The highest BCUT2D eigenvalue weighted by atomic mass is 14.4. The molecule has 0 nitrogen and oxygen atoms in total. The fraction of sp³-hybridized carbons (Fsp3) is 0.800. The van der Waals surface area contributed by atoms with Gasteiger partial charge in [0.2, 0.25) is 0 Å². The average molecular weight is 136 g/mol. The monoisotopic (exact) mass is 136 g/mol. The van der Waals surface area contributed by atoms with E-state index < -0.39 is 0 Å². The Morgan fingerprint density at radius 2 is 1.90 bits per heavy atom. The Hall–Kier alpha value is -0.260. The lowest BCUT2D eigenvalue weighted by Gasteiger charge is -2.24. The van der Waals surface area contributed by atoms with Gasteiger partial charge in [-0.1, -0.05) is 24.5 Å². The summed E-state index contributed by atoms with van der Waals surface area (Å²) in [6, 6.07) is 0. The van der Waals surface area contributed by atoms with Crippen LogP contribution in [0.3, 0.4) is 0 Å². The van der Waals surface area contributed by atoms with Crippen LogP contribution in [0.2, 0.25) is 0 Å². The minimum atomic E-state index is 0.708. The van der Waals surface area contributed by atoms with E-state index in [2.05, 4.69) is 13.0 Å². The van der Waals surface area contributed by atoms with Crippen LogP contribution in [0, 0.1) is 5.41 Å². The number of allylic oxidation sites excluding steroid dienone is 2. The molecule has 56 valence electrons. The first-order chi connectivity index (χ1) is 4.83. The molecule has 0 radical (unpaired) electrons. The molecule has 1 fully saturated rings. The molecule has 10 heavy (non-hydrogen) atoms. The lowest BCUT2D eigenvalue weighted by Crippen LogP contribution is -2.12. The van der Waals surface area contributed by atoms with E-state index in [1.807, 2.05) is 0 Å².